The maximum atomic E-state index is 14.7. The Morgan fingerprint density at radius 2 is 1.76 bits per heavy atom. The van der Waals surface area contributed by atoms with Gasteiger partial charge in [0.1, 0.15) is 11.5 Å². The van der Waals surface area contributed by atoms with E-state index in [4.69, 9.17) is 4.42 Å². The lowest BCUT2D eigenvalue weighted by molar-refractivity contribution is -0.141. The number of aromatic nitrogens is 4. The molecule has 13 heteroatoms. The van der Waals surface area contributed by atoms with E-state index in [1.807, 2.05) is 0 Å². The van der Waals surface area contributed by atoms with Crippen molar-refractivity contribution in [3.63, 3.8) is 0 Å². The molecule has 0 saturated carbocycles. The van der Waals surface area contributed by atoms with Crippen molar-refractivity contribution in [1.82, 2.24) is 19.7 Å². The van der Waals surface area contributed by atoms with Gasteiger partial charge in [-0.05, 0) is 53.9 Å². The number of halogens is 6. The van der Waals surface area contributed by atoms with Crippen molar-refractivity contribution in [2.75, 3.05) is 0 Å². The van der Waals surface area contributed by atoms with Crippen LogP contribution in [0.5, 0.6) is 5.88 Å². The Balaban J connectivity index is 1.70. The number of aryl methyl sites for hydroxylation is 2. The second-order valence-corrected chi connectivity index (χ2v) is 8.96. The Bertz CT molecular complexity index is 1690. The van der Waals surface area contributed by atoms with E-state index >= 15 is 0 Å². The Hall–Kier alpha value is -4.65. The Kier molecular flexibility index (Phi) is 7.30. The minimum absolute atomic E-state index is 0.122. The highest BCUT2D eigenvalue weighted by Crippen LogP contribution is 2.39. The van der Waals surface area contributed by atoms with Crippen molar-refractivity contribution in [3.05, 3.63) is 89.5 Å². The maximum absolute atomic E-state index is 14.7. The van der Waals surface area contributed by atoms with Crippen LogP contribution in [0.1, 0.15) is 22.7 Å². The third-order valence-corrected chi connectivity index (χ3v) is 6.23. The summed E-state index contributed by atoms with van der Waals surface area (Å²) in [4.78, 5) is 8.25. The average Bonchev–Trinajstić information content (AvgIpc) is 3.56. The summed E-state index contributed by atoms with van der Waals surface area (Å²) in [6.45, 7) is -0.361. The van der Waals surface area contributed by atoms with Gasteiger partial charge in [-0.2, -0.15) is 27.1 Å². The number of pyridine rings is 1. The summed E-state index contributed by atoms with van der Waals surface area (Å²) in [6.07, 6.45) is -2.30. The molecule has 0 radical (unpaired) electrons. The van der Waals surface area contributed by atoms with Crippen LogP contribution in [0.2, 0.25) is 0 Å². The van der Waals surface area contributed by atoms with Gasteiger partial charge < -0.3 is 14.3 Å². The summed E-state index contributed by atoms with van der Waals surface area (Å²) in [6, 6.07) is 11.0. The van der Waals surface area contributed by atoms with Crippen LogP contribution in [-0.4, -0.2) is 31.5 Å². The van der Waals surface area contributed by atoms with Crippen LogP contribution in [0, 0.1) is 19.7 Å². The van der Waals surface area contributed by atoms with Gasteiger partial charge in [0, 0.05) is 42.1 Å². The topological polar surface area (TPSA) is 86.2 Å². The first kappa shape index (κ1) is 27.9. The summed E-state index contributed by atoms with van der Waals surface area (Å²) >= 11 is 0. The molecule has 0 aliphatic rings. The first-order chi connectivity index (χ1) is 19.4. The zero-order valence-corrected chi connectivity index (χ0v) is 21.4. The molecule has 0 unspecified atom stereocenters. The molecular weight excluding hydrogens is 554 g/mol. The van der Waals surface area contributed by atoms with Gasteiger partial charge in [-0.1, -0.05) is 12.1 Å². The largest absolute Gasteiger partial charge is 0.440 e. The van der Waals surface area contributed by atoms with Gasteiger partial charge in [0.25, 0.3) is 0 Å². The smallest absolute Gasteiger partial charge is 0.435 e. The van der Waals surface area contributed by atoms with Crippen molar-refractivity contribution in [1.29, 1.82) is 0 Å². The molecule has 0 amide bonds. The molecule has 41 heavy (non-hydrogen) atoms. The predicted molar refractivity (Wildman–Crippen MR) is 135 cm³/mol. The molecule has 3 heterocycles. The van der Waals surface area contributed by atoms with Gasteiger partial charge in [0.15, 0.2) is 17.3 Å². The molecule has 5 rings (SSSR count). The summed E-state index contributed by atoms with van der Waals surface area (Å²) in [5, 5.41) is 13.2. The Morgan fingerprint density at radius 3 is 2.37 bits per heavy atom. The molecular formula is C28H20F6N4O3. The van der Waals surface area contributed by atoms with Gasteiger partial charge in [-0.15, -0.1) is 0 Å². The maximum Gasteiger partial charge on any atom is 0.435 e. The molecule has 0 fully saturated rings. The van der Waals surface area contributed by atoms with Gasteiger partial charge in [0.2, 0.25) is 5.88 Å². The van der Waals surface area contributed by atoms with E-state index in [2.05, 4.69) is 19.8 Å². The predicted octanol–water partition coefficient (Wildman–Crippen LogP) is 7.12. The van der Waals surface area contributed by atoms with Crippen LogP contribution in [0.15, 0.2) is 65.3 Å². The van der Waals surface area contributed by atoms with E-state index in [0.717, 1.165) is 16.9 Å². The van der Waals surface area contributed by atoms with E-state index in [-0.39, 0.29) is 40.0 Å². The number of benzene rings is 2. The minimum Gasteiger partial charge on any atom is -0.440 e. The van der Waals surface area contributed by atoms with E-state index in [0.29, 0.717) is 22.3 Å². The van der Waals surface area contributed by atoms with Crippen molar-refractivity contribution in [3.8, 4) is 45.3 Å². The Morgan fingerprint density at radius 1 is 1.00 bits per heavy atom. The fraction of sp³-hybridized carbons (Fsp3) is 0.179. The lowest BCUT2D eigenvalue weighted by Gasteiger charge is -2.14. The summed E-state index contributed by atoms with van der Waals surface area (Å²) in [5.74, 6) is -0.627. The second-order valence-electron chi connectivity index (χ2n) is 8.96. The normalized spacial score (nSPS) is 11.9. The minimum atomic E-state index is -4.68. The number of aliphatic hydroxyl groups is 1. The van der Waals surface area contributed by atoms with Crippen LogP contribution < -0.4 is 4.74 Å². The van der Waals surface area contributed by atoms with Crippen LogP contribution >= 0.6 is 0 Å². The fourth-order valence-electron chi connectivity index (χ4n) is 4.33. The van der Waals surface area contributed by atoms with E-state index in [1.54, 1.807) is 32.0 Å². The van der Waals surface area contributed by atoms with Crippen LogP contribution in [-0.2, 0) is 12.8 Å². The van der Waals surface area contributed by atoms with Crippen LogP contribution in [0.4, 0.5) is 26.3 Å². The zero-order valence-electron chi connectivity index (χ0n) is 21.4. The third kappa shape index (κ3) is 5.66. The molecule has 212 valence electrons. The number of ether oxygens (including phenoxy) is 1. The van der Waals surface area contributed by atoms with Crippen molar-refractivity contribution in [2.45, 2.75) is 33.2 Å². The highest BCUT2D eigenvalue weighted by atomic mass is 19.4. The van der Waals surface area contributed by atoms with Gasteiger partial charge in [-0.25, -0.2) is 19.0 Å². The van der Waals surface area contributed by atoms with Gasteiger partial charge >= 0.3 is 12.8 Å². The lowest BCUT2D eigenvalue weighted by atomic mass is 9.96. The molecule has 2 aromatic carbocycles. The van der Waals surface area contributed by atoms with Crippen LogP contribution in [0.25, 0.3) is 39.4 Å². The summed E-state index contributed by atoms with van der Waals surface area (Å²) in [5.41, 5.74) is 1.47. The zero-order chi connectivity index (χ0) is 29.5. The second kappa shape index (κ2) is 10.7. The Labute approximate surface area is 228 Å². The molecule has 7 nitrogen and oxygen atoms in total. The number of alkyl halides is 5. The average molecular weight is 574 g/mol. The van der Waals surface area contributed by atoms with E-state index < -0.39 is 30.9 Å². The molecule has 3 aromatic heterocycles. The lowest BCUT2D eigenvalue weighted by Crippen LogP contribution is -2.07. The van der Waals surface area contributed by atoms with Gasteiger partial charge in [-0.3, -0.25) is 0 Å². The number of rotatable bonds is 7. The van der Waals surface area contributed by atoms with Crippen molar-refractivity contribution >= 4 is 0 Å². The molecule has 0 bridgehead atoms. The van der Waals surface area contributed by atoms with Crippen molar-refractivity contribution in [2.24, 2.45) is 0 Å². The first-order valence-electron chi connectivity index (χ1n) is 12.0. The quantitative estimate of drug-likeness (QED) is 0.208. The molecule has 0 aliphatic heterocycles. The third-order valence-electron chi connectivity index (χ3n) is 6.23. The number of nitrogens with zero attached hydrogens (tertiary/aromatic N) is 4. The number of oxazole rings is 1. The standard InChI is InChI=1S/C28H20F6N4O3/c1-14-9-18(11-21(29)20(14)13-39)16-3-5-22(38-8-7-23(37-38)28(32,33)34)19(10-16)26-25(36-15(2)40-26)17-4-6-24(35-12-17)41-27(30)31/h3-12,27,39H,13H2,1-2H3. The molecule has 0 spiro atoms. The SMILES string of the molecule is Cc1nc(-c2ccc(OC(F)F)nc2)c(-c2cc(-c3cc(C)c(CO)c(F)c3)ccc2-n2ccc(C(F)(F)F)n2)o1. The highest BCUT2D eigenvalue weighted by molar-refractivity contribution is 5.84. The summed E-state index contributed by atoms with van der Waals surface area (Å²) < 4.78 is 91.1. The molecule has 0 saturated heterocycles. The summed E-state index contributed by atoms with van der Waals surface area (Å²) in [7, 11) is 0. The molecule has 0 atom stereocenters. The fourth-order valence-corrected chi connectivity index (χ4v) is 4.33. The molecule has 0 aliphatic carbocycles. The van der Waals surface area contributed by atoms with Crippen molar-refractivity contribution < 1.29 is 40.6 Å². The first-order valence-corrected chi connectivity index (χ1v) is 12.0. The van der Waals surface area contributed by atoms with E-state index in [9.17, 15) is 31.4 Å². The number of hydrogen-bond donors (Lipinski definition) is 1. The number of hydrogen-bond acceptors (Lipinski definition) is 6. The van der Waals surface area contributed by atoms with Crippen LogP contribution in [0.3, 0.4) is 0 Å². The molecule has 1 N–H and O–H groups in total. The monoisotopic (exact) mass is 574 g/mol. The molecule has 5 aromatic rings. The van der Waals surface area contributed by atoms with Gasteiger partial charge in [0.05, 0.1) is 12.3 Å². The highest BCUT2D eigenvalue weighted by Gasteiger charge is 2.34. The number of aliphatic hydroxyl groups excluding tert-OH is 1. The van der Waals surface area contributed by atoms with E-state index in [1.165, 1.54) is 30.5 Å².